The van der Waals surface area contributed by atoms with Crippen LogP contribution in [0.3, 0.4) is 0 Å². The van der Waals surface area contributed by atoms with Gasteiger partial charge in [0.25, 0.3) is 0 Å². The molecule has 114 valence electrons. The summed E-state index contributed by atoms with van der Waals surface area (Å²) in [6, 6.07) is 13.6. The average Bonchev–Trinajstić information content (AvgIpc) is 2.91. The summed E-state index contributed by atoms with van der Waals surface area (Å²) in [7, 11) is 0. The van der Waals surface area contributed by atoms with Crippen LogP contribution in [-0.4, -0.2) is 22.8 Å². The Hall–Kier alpha value is -3.21. The summed E-state index contributed by atoms with van der Waals surface area (Å²) in [4.78, 5) is 27.6. The average molecular weight is 307 g/mol. The number of aliphatic imine (C=N–C) groups is 1. The van der Waals surface area contributed by atoms with E-state index < -0.39 is 5.97 Å². The van der Waals surface area contributed by atoms with E-state index in [1.807, 2.05) is 18.2 Å². The summed E-state index contributed by atoms with van der Waals surface area (Å²) in [6.07, 6.45) is 1.52. The number of hydrogen-bond donors (Lipinski definition) is 1. The molecule has 0 fully saturated rings. The Labute approximate surface area is 132 Å². The maximum atomic E-state index is 11.9. The minimum atomic E-state index is -0.554. The van der Waals surface area contributed by atoms with E-state index in [1.54, 1.807) is 18.2 Å². The van der Waals surface area contributed by atoms with Gasteiger partial charge in [-0.3, -0.25) is 4.79 Å². The van der Waals surface area contributed by atoms with Crippen molar-refractivity contribution >= 4 is 23.7 Å². The van der Waals surface area contributed by atoms with Gasteiger partial charge in [0.05, 0.1) is 5.56 Å². The van der Waals surface area contributed by atoms with Gasteiger partial charge >= 0.3 is 5.97 Å². The lowest BCUT2D eigenvalue weighted by atomic mass is 10.1. The first-order valence-corrected chi connectivity index (χ1v) is 6.96. The summed E-state index contributed by atoms with van der Waals surface area (Å²) < 4.78 is 5.16. The summed E-state index contributed by atoms with van der Waals surface area (Å²) in [5.41, 5.74) is 1.62. The minimum Gasteiger partial charge on any atom is -0.507 e. The van der Waals surface area contributed by atoms with Gasteiger partial charge in [0.2, 0.25) is 5.90 Å². The highest BCUT2D eigenvalue weighted by atomic mass is 16.6. The second kappa shape index (κ2) is 5.88. The molecule has 0 bridgehead atoms. The van der Waals surface area contributed by atoms with Crippen LogP contribution in [0.1, 0.15) is 28.4 Å². The van der Waals surface area contributed by atoms with Crippen molar-refractivity contribution in [3.63, 3.8) is 0 Å². The van der Waals surface area contributed by atoms with Gasteiger partial charge in [0.1, 0.15) is 5.75 Å². The number of ketones is 1. The van der Waals surface area contributed by atoms with Gasteiger partial charge < -0.3 is 9.84 Å². The Balaban J connectivity index is 1.97. The summed E-state index contributed by atoms with van der Waals surface area (Å²) >= 11 is 0. The quantitative estimate of drug-likeness (QED) is 0.537. The monoisotopic (exact) mass is 307 g/mol. The minimum absolute atomic E-state index is 0.0953. The molecule has 5 nitrogen and oxygen atoms in total. The normalized spacial score (nSPS) is 15.4. The van der Waals surface area contributed by atoms with Crippen LogP contribution in [0.2, 0.25) is 0 Å². The number of benzene rings is 2. The Morgan fingerprint density at radius 3 is 2.61 bits per heavy atom. The van der Waals surface area contributed by atoms with Crippen LogP contribution in [-0.2, 0) is 9.53 Å². The number of rotatable bonds is 3. The highest BCUT2D eigenvalue weighted by molar-refractivity contribution is 6.12. The topological polar surface area (TPSA) is 76.0 Å². The number of aromatic hydroxyl groups is 1. The summed E-state index contributed by atoms with van der Waals surface area (Å²) in [6.45, 7) is 1.36. The van der Waals surface area contributed by atoms with E-state index in [0.717, 1.165) is 0 Å². The van der Waals surface area contributed by atoms with Crippen molar-refractivity contribution in [1.82, 2.24) is 0 Å². The third-order valence-electron chi connectivity index (χ3n) is 3.34. The Bertz CT molecular complexity index is 851. The van der Waals surface area contributed by atoms with Crippen molar-refractivity contribution in [3.05, 3.63) is 70.9 Å². The predicted octanol–water partition coefficient (Wildman–Crippen LogP) is 2.94. The van der Waals surface area contributed by atoms with Gasteiger partial charge in [0, 0.05) is 5.56 Å². The molecule has 23 heavy (non-hydrogen) atoms. The van der Waals surface area contributed by atoms with E-state index in [9.17, 15) is 14.7 Å². The first-order valence-electron chi connectivity index (χ1n) is 6.96. The molecule has 1 N–H and O–H groups in total. The SMILES string of the molecule is CC(=O)c1cc(/C=C2/N=C(c3ccccc3)OC2=O)ccc1O. The molecule has 0 amide bonds. The van der Waals surface area contributed by atoms with Crippen molar-refractivity contribution in [1.29, 1.82) is 0 Å². The van der Waals surface area contributed by atoms with Crippen LogP contribution in [0.5, 0.6) is 5.75 Å². The van der Waals surface area contributed by atoms with E-state index in [0.29, 0.717) is 11.1 Å². The van der Waals surface area contributed by atoms with Crippen molar-refractivity contribution < 1.29 is 19.4 Å². The number of ether oxygens (including phenoxy) is 1. The number of carbonyl (C=O) groups is 2. The Morgan fingerprint density at radius 2 is 1.91 bits per heavy atom. The fraction of sp³-hybridized carbons (Fsp3) is 0.0556. The molecule has 0 unspecified atom stereocenters. The number of Topliss-reactive ketones (excluding diaryl/α,β-unsaturated/α-hetero) is 1. The van der Waals surface area contributed by atoms with Gasteiger partial charge in [-0.05, 0) is 42.8 Å². The maximum absolute atomic E-state index is 11.9. The zero-order chi connectivity index (χ0) is 16.4. The lowest BCUT2D eigenvalue weighted by molar-refractivity contribution is -0.129. The molecule has 0 aliphatic carbocycles. The van der Waals surface area contributed by atoms with Crippen LogP contribution < -0.4 is 0 Å². The molecule has 3 rings (SSSR count). The van der Waals surface area contributed by atoms with Gasteiger partial charge in [-0.1, -0.05) is 24.3 Å². The largest absolute Gasteiger partial charge is 0.507 e. The zero-order valence-electron chi connectivity index (χ0n) is 12.3. The fourth-order valence-electron chi connectivity index (χ4n) is 2.20. The Kier molecular flexibility index (Phi) is 3.76. The van der Waals surface area contributed by atoms with Crippen LogP contribution in [0.15, 0.2) is 59.2 Å². The van der Waals surface area contributed by atoms with E-state index in [-0.39, 0.29) is 28.7 Å². The first-order chi connectivity index (χ1) is 11.0. The lowest BCUT2D eigenvalue weighted by Crippen LogP contribution is -2.04. The number of hydrogen-bond acceptors (Lipinski definition) is 5. The summed E-state index contributed by atoms with van der Waals surface area (Å²) in [5.74, 6) is -0.666. The molecule has 0 atom stereocenters. The molecule has 5 heteroatoms. The molecular weight excluding hydrogens is 294 g/mol. The molecule has 0 saturated carbocycles. The van der Waals surface area contributed by atoms with E-state index in [1.165, 1.54) is 25.1 Å². The van der Waals surface area contributed by atoms with Gasteiger partial charge in [-0.25, -0.2) is 9.79 Å². The van der Waals surface area contributed by atoms with Gasteiger partial charge in [0.15, 0.2) is 11.5 Å². The van der Waals surface area contributed by atoms with Crippen LogP contribution in [0, 0.1) is 0 Å². The molecule has 2 aromatic rings. The third-order valence-corrected chi connectivity index (χ3v) is 3.34. The smallest absolute Gasteiger partial charge is 0.363 e. The predicted molar refractivity (Wildman–Crippen MR) is 85.2 cm³/mol. The second-order valence-electron chi connectivity index (χ2n) is 5.03. The summed E-state index contributed by atoms with van der Waals surface area (Å²) in [5, 5.41) is 9.65. The van der Waals surface area contributed by atoms with Gasteiger partial charge in [-0.15, -0.1) is 0 Å². The van der Waals surface area contributed by atoms with E-state index in [4.69, 9.17) is 4.74 Å². The van der Waals surface area contributed by atoms with Crippen molar-refractivity contribution in [3.8, 4) is 5.75 Å². The molecule has 1 heterocycles. The number of phenols is 1. The van der Waals surface area contributed by atoms with Crippen LogP contribution >= 0.6 is 0 Å². The highest BCUT2D eigenvalue weighted by Gasteiger charge is 2.24. The molecule has 1 aliphatic rings. The molecule has 1 aliphatic heterocycles. The number of nitrogens with zero attached hydrogens (tertiary/aromatic N) is 1. The number of phenolic OH excluding ortho intramolecular Hbond substituents is 1. The lowest BCUT2D eigenvalue weighted by Gasteiger charge is -2.01. The van der Waals surface area contributed by atoms with Crippen LogP contribution in [0.25, 0.3) is 6.08 Å². The van der Waals surface area contributed by atoms with Crippen molar-refractivity contribution in [2.45, 2.75) is 6.92 Å². The number of cyclic esters (lactones) is 1. The standard InChI is InChI=1S/C18H13NO4/c1-11(20)14-9-12(7-8-16(14)21)10-15-18(22)23-17(19-15)13-5-3-2-4-6-13/h2-10,21H,1H3/b15-10+. The van der Waals surface area contributed by atoms with Crippen LogP contribution in [0.4, 0.5) is 0 Å². The maximum Gasteiger partial charge on any atom is 0.363 e. The van der Waals surface area contributed by atoms with Crippen molar-refractivity contribution in [2.24, 2.45) is 4.99 Å². The highest BCUT2D eigenvalue weighted by Crippen LogP contribution is 2.23. The molecular formula is C18H13NO4. The van der Waals surface area contributed by atoms with Crippen molar-refractivity contribution in [2.75, 3.05) is 0 Å². The zero-order valence-corrected chi connectivity index (χ0v) is 12.3. The molecule has 0 saturated heterocycles. The van der Waals surface area contributed by atoms with E-state index in [2.05, 4.69) is 4.99 Å². The molecule has 2 aromatic carbocycles. The molecule has 0 aromatic heterocycles. The van der Waals surface area contributed by atoms with E-state index >= 15 is 0 Å². The first kappa shape index (κ1) is 14.7. The molecule has 0 radical (unpaired) electrons. The number of carbonyl (C=O) groups excluding carboxylic acids is 2. The molecule has 0 spiro atoms. The number of esters is 1. The second-order valence-corrected chi connectivity index (χ2v) is 5.03. The Morgan fingerprint density at radius 1 is 1.17 bits per heavy atom. The fourth-order valence-corrected chi connectivity index (χ4v) is 2.20. The third kappa shape index (κ3) is 3.03. The van der Waals surface area contributed by atoms with Gasteiger partial charge in [-0.2, -0.15) is 0 Å².